The van der Waals surface area contributed by atoms with E-state index in [1.54, 1.807) is 30.3 Å². The molecule has 0 fully saturated rings. The molecule has 2 aromatic rings. The van der Waals surface area contributed by atoms with E-state index in [0.717, 1.165) is 6.29 Å². The minimum atomic E-state index is 0.482. The van der Waals surface area contributed by atoms with Gasteiger partial charge in [-0.05, 0) is 24.3 Å². The zero-order valence-corrected chi connectivity index (χ0v) is 10.4. The van der Waals surface area contributed by atoms with E-state index >= 15 is 0 Å². The molecular formula is C13H9NO3S. The number of benzene rings is 1. The van der Waals surface area contributed by atoms with Crippen LogP contribution in [-0.2, 0) is 0 Å². The summed E-state index contributed by atoms with van der Waals surface area (Å²) in [7, 11) is 1.51. The topological polar surface area (TPSA) is 59.3 Å². The normalized spacial score (nSPS) is 9.56. The van der Waals surface area contributed by atoms with Crippen molar-refractivity contribution in [2.45, 2.75) is 0 Å². The predicted molar refractivity (Wildman–Crippen MR) is 67.5 cm³/mol. The number of ether oxygens (including phenoxy) is 2. The van der Waals surface area contributed by atoms with Crippen LogP contribution in [0.15, 0.2) is 30.3 Å². The Kier molecular flexibility index (Phi) is 3.60. The van der Waals surface area contributed by atoms with Gasteiger partial charge in [-0.2, -0.15) is 5.26 Å². The van der Waals surface area contributed by atoms with Crippen LogP contribution in [0.2, 0.25) is 0 Å². The number of rotatable bonds is 4. The van der Waals surface area contributed by atoms with E-state index in [0.29, 0.717) is 27.0 Å². The molecule has 4 nitrogen and oxygen atoms in total. The average Bonchev–Trinajstić information content (AvgIpc) is 2.87. The number of nitrogens with zero attached hydrogens (tertiary/aromatic N) is 1. The molecule has 0 aliphatic rings. The van der Waals surface area contributed by atoms with Gasteiger partial charge in [-0.3, -0.25) is 4.79 Å². The van der Waals surface area contributed by atoms with Gasteiger partial charge in [0, 0.05) is 6.07 Å². The van der Waals surface area contributed by atoms with Crippen LogP contribution in [0.3, 0.4) is 0 Å². The molecule has 1 aromatic carbocycles. The van der Waals surface area contributed by atoms with Crippen LogP contribution in [0.5, 0.6) is 16.6 Å². The zero-order valence-electron chi connectivity index (χ0n) is 9.54. The molecule has 5 heteroatoms. The molecular weight excluding hydrogens is 250 g/mol. The van der Waals surface area contributed by atoms with E-state index in [9.17, 15) is 4.79 Å². The van der Waals surface area contributed by atoms with Crippen LogP contribution >= 0.6 is 11.3 Å². The van der Waals surface area contributed by atoms with Crippen molar-refractivity contribution in [2.24, 2.45) is 0 Å². The number of thiophene rings is 1. The van der Waals surface area contributed by atoms with Gasteiger partial charge in [0.2, 0.25) is 0 Å². The quantitative estimate of drug-likeness (QED) is 0.791. The van der Waals surface area contributed by atoms with Crippen LogP contribution in [0.25, 0.3) is 0 Å². The van der Waals surface area contributed by atoms with Crippen LogP contribution < -0.4 is 9.47 Å². The SMILES string of the molecule is COc1cc(C#N)ccc1Oc1ccc(C=O)s1. The van der Waals surface area contributed by atoms with Crippen molar-refractivity contribution in [1.82, 2.24) is 0 Å². The standard InChI is InChI=1S/C13H9NO3S/c1-16-12-6-9(7-14)2-4-11(12)17-13-5-3-10(8-15)18-13/h2-6,8H,1H3. The molecule has 1 heterocycles. The van der Waals surface area contributed by atoms with Crippen molar-refractivity contribution in [3.8, 4) is 22.6 Å². The first-order chi connectivity index (χ1) is 8.76. The van der Waals surface area contributed by atoms with Crippen molar-refractivity contribution in [3.63, 3.8) is 0 Å². The first-order valence-corrected chi connectivity index (χ1v) is 5.89. The summed E-state index contributed by atoms with van der Waals surface area (Å²) in [4.78, 5) is 11.2. The molecule has 90 valence electrons. The molecule has 0 aliphatic heterocycles. The summed E-state index contributed by atoms with van der Waals surface area (Å²) in [6.07, 6.45) is 0.771. The lowest BCUT2D eigenvalue weighted by molar-refractivity contribution is 0.112. The molecule has 0 atom stereocenters. The Morgan fingerprint density at radius 1 is 1.28 bits per heavy atom. The number of hydrogen-bond donors (Lipinski definition) is 0. The Morgan fingerprint density at radius 2 is 2.11 bits per heavy atom. The van der Waals surface area contributed by atoms with Crippen LogP contribution in [0.4, 0.5) is 0 Å². The average molecular weight is 259 g/mol. The first kappa shape index (κ1) is 12.1. The Hall–Kier alpha value is -2.32. The summed E-state index contributed by atoms with van der Waals surface area (Å²) in [5.74, 6) is 0.992. The highest BCUT2D eigenvalue weighted by Crippen LogP contribution is 2.35. The van der Waals surface area contributed by atoms with Crippen LogP contribution in [0.1, 0.15) is 15.2 Å². The predicted octanol–water partition coefficient (Wildman–Crippen LogP) is 3.23. The molecule has 0 saturated heterocycles. The van der Waals surface area contributed by atoms with E-state index in [4.69, 9.17) is 14.7 Å². The summed E-state index contributed by atoms with van der Waals surface area (Å²) in [5.41, 5.74) is 0.499. The maximum Gasteiger partial charge on any atom is 0.181 e. The molecule has 0 radical (unpaired) electrons. The lowest BCUT2D eigenvalue weighted by Gasteiger charge is -2.08. The molecule has 0 unspecified atom stereocenters. The molecule has 0 amide bonds. The fourth-order valence-electron chi connectivity index (χ4n) is 1.38. The maximum absolute atomic E-state index is 10.6. The fraction of sp³-hybridized carbons (Fsp3) is 0.0769. The fourth-order valence-corrected chi connectivity index (χ4v) is 2.07. The number of carbonyl (C=O) groups is 1. The molecule has 0 N–H and O–H groups in total. The third-order valence-corrected chi connectivity index (χ3v) is 3.11. The Balaban J connectivity index is 2.28. The van der Waals surface area contributed by atoms with E-state index in [-0.39, 0.29) is 0 Å². The van der Waals surface area contributed by atoms with Crippen molar-refractivity contribution >= 4 is 17.6 Å². The number of carbonyl (C=O) groups excluding carboxylic acids is 1. The van der Waals surface area contributed by atoms with Gasteiger partial charge in [-0.15, -0.1) is 0 Å². The lowest BCUT2D eigenvalue weighted by Crippen LogP contribution is -1.89. The lowest BCUT2D eigenvalue weighted by atomic mass is 10.2. The van der Waals surface area contributed by atoms with Gasteiger partial charge in [-0.1, -0.05) is 11.3 Å². The molecule has 18 heavy (non-hydrogen) atoms. The Morgan fingerprint density at radius 3 is 2.72 bits per heavy atom. The Labute approximate surface area is 108 Å². The summed E-state index contributed by atoms with van der Waals surface area (Å²) >= 11 is 1.25. The molecule has 0 spiro atoms. The summed E-state index contributed by atoms with van der Waals surface area (Å²) in [6, 6.07) is 10.3. The number of methoxy groups -OCH3 is 1. The monoisotopic (exact) mass is 259 g/mol. The van der Waals surface area contributed by atoms with E-state index in [2.05, 4.69) is 0 Å². The van der Waals surface area contributed by atoms with Crippen molar-refractivity contribution in [3.05, 3.63) is 40.8 Å². The number of aldehydes is 1. The molecule has 0 saturated carbocycles. The van der Waals surface area contributed by atoms with Crippen molar-refractivity contribution in [1.29, 1.82) is 5.26 Å². The highest BCUT2D eigenvalue weighted by Gasteiger charge is 2.08. The third kappa shape index (κ3) is 2.50. The van der Waals surface area contributed by atoms with E-state index in [1.807, 2.05) is 6.07 Å². The summed E-state index contributed by atoms with van der Waals surface area (Å²) in [6.45, 7) is 0. The van der Waals surface area contributed by atoms with Gasteiger partial charge in [0.05, 0.1) is 23.6 Å². The van der Waals surface area contributed by atoms with Gasteiger partial charge in [-0.25, -0.2) is 0 Å². The molecule has 1 aromatic heterocycles. The van der Waals surface area contributed by atoms with E-state index in [1.165, 1.54) is 18.4 Å². The van der Waals surface area contributed by atoms with Gasteiger partial charge < -0.3 is 9.47 Å². The van der Waals surface area contributed by atoms with Crippen molar-refractivity contribution < 1.29 is 14.3 Å². The largest absolute Gasteiger partial charge is 0.493 e. The highest BCUT2D eigenvalue weighted by molar-refractivity contribution is 7.15. The number of nitriles is 1. The molecule has 0 aliphatic carbocycles. The summed E-state index contributed by atoms with van der Waals surface area (Å²) in [5, 5.41) is 9.39. The smallest absolute Gasteiger partial charge is 0.181 e. The molecule has 0 bridgehead atoms. The van der Waals surface area contributed by atoms with Gasteiger partial charge in [0.25, 0.3) is 0 Å². The third-order valence-electron chi connectivity index (χ3n) is 2.22. The summed E-state index contributed by atoms with van der Waals surface area (Å²) < 4.78 is 10.8. The Bertz CT molecular complexity index is 613. The second-order valence-corrected chi connectivity index (χ2v) is 4.43. The second-order valence-electron chi connectivity index (χ2n) is 3.35. The molecule has 2 rings (SSSR count). The van der Waals surface area contributed by atoms with Gasteiger partial charge in [0.15, 0.2) is 22.8 Å². The maximum atomic E-state index is 10.6. The minimum Gasteiger partial charge on any atom is -0.493 e. The number of hydrogen-bond acceptors (Lipinski definition) is 5. The zero-order chi connectivity index (χ0) is 13.0. The van der Waals surface area contributed by atoms with Gasteiger partial charge in [0.1, 0.15) is 0 Å². The van der Waals surface area contributed by atoms with Gasteiger partial charge >= 0.3 is 0 Å². The second kappa shape index (κ2) is 5.34. The van der Waals surface area contributed by atoms with Crippen LogP contribution in [0, 0.1) is 11.3 Å². The van der Waals surface area contributed by atoms with E-state index < -0.39 is 0 Å². The first-order valence-electron chi connectivity index (χ1n) is 5.08. The highest BCUT2D eigenvalue weighted by atomic mass is 32.1. The minimum absolute atomic E-state index is 0.482. The van der Waals surface area contributed by atoms with Crippen LogP contribution in [-0.4, -0.2) is 13.4 Å². The van der Waals surface area contributed by atoms with Crippen molar-refractivity contribution in [2.75, 3.05) is 7.11 Å².